The second-order valence-corrected chi connectivity index (χ2v) is 6.53. The highest BCUT2D eigenvalue weighted by atomic mass is 35.5. The lowest BCUT2D eigenvalue weighted by Gasteiger charge is -2.11. The molecule has 1 aliphatic heterocycles. The first-order valence-corrected chi connectivity index (χ1v) is 7.92. The molecule has 2 nitrogen and oxygen atoms in total. The molecule has 0 fully saturated rings. The van der Waals surface area contributed by atoms with Gasteiger partial charge in [0.15, 0.2) is 0 Å². The van der Waals surface area contributed by atoms with Crippen molar-refractivity contribution >= 4 is 29.1 Å². The van der Waals surface area contributed by atoms with Gasteiger partial charge in [-0.05, 0) is 36.8 Å². The lowest BCUT2D eigenvalue weighted by molar-refractivity contribution is 0.259. The zero-order valence-electron chi connectivity index (χ0n) is 11.2. The van der Waals surface area contributed by atoms with Gasteiger partial charge in [0, 0.05) is 22.8 Å². The minimum atomic E-state index is 0.213. The summed E-state index contributed by atoms with van der Waals surface area (Å²) in [6.07, 6.45) is 1.18. The predicted molar refractivity (Wildman–Crippen MR) is 85.9 cm³/mol. The third kappa shape index (κ3) is 2.89. The van der Waals surface area contributed by atoms with Crippen molar-refractivity contribution in [3.05, 3.63) is 52.5 Å². The fourth-order valence-electron chi connectivity index (χ4n) is 2.36. The second-order valence-electron chi connectivity index (χ2n) is 5.06. The number of rotatable bonds is 3. The SMILES string of the molecule is Cc1ccc2c(c1)CC(CSc1ccc(N)cc1Cl)O2. The zero-order chi connectivity index (χ0) is 14.1. The van der Waals surface area contributed by atoms with Crippen LogP contribution in [-0.4, -0.2) is 11.9 Å². The van der Waals surface area contributed by atoms with Gasteiger partial charge in [-0.3, -0.25) is 0 Å². The smallest absolute Gasteiger partial charge is 0.123 e. The summed E-state index contributed by atoms with van der Waals surface area (Å²) in [6.45, 7) is 2.11. The maximum atomic E-state index is 6.18. The number of aryl methyl sites for hydroxylation is 1. The Bertz CT molecular complexity index is 644. The van der Waals surface area contributed by atoms with E-state index < -0.39 is 0 Å². The number of benzene rings is 2. The molecule has 2 aromatic rings. The van der Waals surface area contributed by atoms with E-state index in [2.05, 4.69) is 25.1 Å². The second kappa shape index (κ2) is 5.58. The maximum absolute atomic E-state index is 6.18. The highest BCUT2D eigenvalue weighted by molar-refractivity contribution is 7.99. The summed E-state index contributed by atoms with van der Waals surface area (Å²) < 4.78 is 5.96. The first kappa shape index (κ1) is 13.7. The lowest BCUT2D eigenvalue weighted by atomic mass is 10.1. The number of nitrogen functional groups attached to an aromatic ring is 1. The van der Waals surface area contributed by atoms with Gasteiger partial charge in [0.25, 0.3) is 0 Å². The normalized spacial score (nSPS) is 16.8. The number of ether oxygens (including phenoxy) is 1. The van der Waals surface area contributed by atoms with E-state index in [4.69, 9.17) is 22.1 Å². The van der Waals surface area contributed by atoms with Crippen molar-refractivity contribution < 1.29 is 4.74 Å². The first-order chi connectivity index (χ1) is 9.61. The van der Waals surface area contributed by atoms with Gasteiger partial charge < -0.3 is 10.5 Å². The minimum Gasteiger partial charge on any atom is -0.489 e. The summed E-state index contributed by atoms with van der Waals surface area (Å²) in [6, 6.07) is 12.0. The third-order valence-corrected chi connectivity index (χ3v) is 4.97. The highest BCUT2D eigenvalue weighted by Gasteiger charge is 2.23. The Hall–Kier alpha value is -1.32. The van der Waals surface area contributed by atoms with Crippen molar-refractivity contribution in [2.45, 2.75) is 24.3 Å². The Labute approximate surface area is 128 Å². The van der Waals surface area contributed by atoms with Gasteiger partial charge in [0.05, 0.1) is 5.02 Å². The summed E-state index contributed by atoms with van der Waals surface area (Å²) in [7, 11) is 0. The molecule has 0 saturated heterocycles. The molecule has 0 amide bonds. The topological polar surface area (TPSA) is 35.2 Å². The van der Waals surface area contributed by atoms with Crippen molar-refractivity contribution in [1.82, 2.24) is 0 Å². The summed E-state index contributed by atoms with van der Waals surface area (Å²) >= 11 is 7.90. The zero-order valence-corrected chi connectivity index (χ0v) is 12.8. The Morgan fingerprint density at radius 2 is 2.15 bits per heavy atom. The Morgan fingerprint density at radius 3 is 2.95 bits per heavy atom. The van der Waals surface area contributed by atoms with Crippen molar-refractivity contribution in [3.8, 4) is 5.75 Å². The molecule has 0 radical (unpaired) electrons. The Morgan fingerprint density at radius 1 is 1.30 bits per heavy atom. The van der Waals surface area contributed by atoms with Gasteiger partial charge in [-0.1, -0.05) is 29.3 Å². The van der Waals surface area contributed by atoms with E-state index in [9.17, 15) is 0 Å². The number of halogens is 1. The molecule has 1 atom stereocenters. The van der Waals surface area contributed by atoms with Crippen LogP contribution in [0, 0.1) is 6.92 Å². The molecule has 2 N–H and O–H groups in total. The number of hydrogen-bond donors (Lipinski definition) is 1. The van der Waals surface area contributed by atoms with Gasteiger partial charge >= 0.3 is 0 Å². The average Bonchev–Trinajstić information content (AvgIpc) is 2.79. The van der Waals surface area contributed by atoms with Gasteiger partial charge in [-0.15, -0.1) is 11.8 Å². The van der Waals surface area contributed by atoms with Crippen LogP contribution in [0.5, 0.6) is 5.75 Å². The number of hydrogen-bond acceptors (Lipinski definition) is 3. The van der Waals surface area contributed by atoms with E-state index in [1.807, 2.05) is 12.1 Å². The largest absolute Gasteiger partial charge is 0.489 e. The van der Waals surface area contributed by atoms with Crippen LogP contribution in [0.1, 0.15) is 11.1 Å². The number of nitrogens with two attached hydrogens (primary N) is 1. The average molecular weight is 306 g/mol. The molecule has 1 unspecified atom stereocenters. The van der Waals surface area contributed by atoms with Crippen LogP contribution in [0.2, 0.25) is 5.02 Å². The maximum Gasteiger partial charge on any atom is 0.123 e. The van der Waals surface area contributed by atoms with Crippen LogP contribution in [-0.2, 0) is 6.42 Å². The first-order valence-electron chi connectivity index (χ1n) is 6.56. The molecule has 0 aromatic heterocycles. The van der Waals surface area contributed by atoms with Crippen LogP contribution in [0.15, 0.2) is 41.3 Å². The molecule has 1 heterocycles. The van der Waals surface area contributed by atoms with E-state index in [0.717, 1.165) is 22.8 Å². The number of thioether (sulfide) groups is 1. The van der Waals surface area contributed by atoms with Crippen molar-refractivity contribution in [2.75, 3.05) is 11.5 Å². The highest BCUT2D eigenvalue weighted by Crippen LogP contribution is 2.34. The third-order valence-electron chi connectivity index (χ3n) is 3.34. The summed E-state index contributed by atoms with van der Waals surface area (Å²) in [5, 5.41) is 0.710. The number of fused-ring (bicyclic) bond motifs is 1. The monoisotopic (exact) mass is 305 g/mol. The fourth-order valence-corrected chi connectivity index (χ4v) is 3.62. The Balaban J connectivity index is 1.63. The van der Waals surface area contributed by atoms with Crippen molar-refractivity contribution in [1.29, 1.82) is 0 Å². The van der Waals surface area contributed by atoms with Gasteiger partial charge in [-0.25, -0.2) is 0 Å². The standard InChI is InChI=1S/C16H16ClNOS/c1-10-2-4-15-11(6-10)7-13(19-15)9-20-16-5-3-12(18)8-14(16)17/h2-6,8,13H,7,9,18H2,1H3. The van der Waals surface area contributed by atoms with E-state index in [0.29, 0.717) is 10.7 Å². The molecule has 0 saturated carbocycles. The van der Waals surface area contributed by atoms with E-state index >= 15 is 0 Å². The molecule has 3 rings (SSSR count). The van der Waals surface area contributed by atoms with E-state index in [-0.39, 0.29) is 6.10 Å². The molecule has 0 bridgehead atoms. The molecule has 0 aliphatic carbocycles. The molecule has 4 heteroatoms. The summed E-state index contributed by atoms with van der Waals surface area (Å²) in [5.41, 5.74) is 8.98. The minimum absolute atomic E-state index is 0.213. The quantitative estimate of drug-likeness (QED) is 0.677. The van der Waals surface area contributed by atoms with Crippen LogP contribution >= 0.6 is 23.4 Å². The van der Waals surface area contributed by atoms with Gasteiger partial charge in [-0.2, -0.15) is 0 Å². The molecular formula is C16H16ClNOS. The summed E-state index contributed by atoms with van der Waals surface area (Å²) in [5.74, 6) is 1.90. The molecule has 1 aliphatic rings. The summed E-state index contributed by atoms with van der Waals surface area (Å²) in [4.78, 5) is 1.05. The van der Waals surface area contributed by atoms with Crippen LogP contribution in [0.25, 0.3) is 0 Å². The van der Waals surface area contributed by atoms with Gasteiger partial charge in [0.2, 0.25) is 0 Å². The molecule has 20 heavy (non-hydrogen) atoms. The predicted octanol–water partition coefficient (Wildman–Crippen LogP) is 4.33. The van der Waals surface area contributed by atoms with Crippen LogP contribution < -0.4 is 10.5 Å². The van der Waals surface area contributed by atoms with Gasteiger partial charge in [0.1, 0.15) is 11.9 Å². The fraction of sp³-hybridized carbons (Fsp3) is 0.250. The molecule has 0 spiro atoms. The molecule has 2 aromatic carbocycles. The van der Waals surface area contributed by atoms with Crippen molar-refractivity contribution in [2.24, 2.45) is 0 Å². The molecular weight excluding hydrogens is 290 g/mol. The molecule has 104 valence electrons. The van der Waals surface area contributed by atoms with Crippen LogP contribution in [0.4, 0.5) is 5.69 Å². The Kier molecular flexibility index (Phi) is 3.81. The van der Waals surface area contributed by atoms with Crippen molar-refractivity contribution in [3.63, 3.8) is 0 Å². The van der Waals surface area contributed by atoms with E-state index in [1.165, 1.54) is 11.1 Å². The number of anilines is 1. The van der Waals surface area contributed by atoms with E-state index in [1.54, 1.807) is 17.8 Å². The van der Waals surface area contributed by atoms with Crippen LogP contribution in [0.3, 0.4) is 0 Å². The lowest BCUT2D eigenvalue weighted by Crippen LogP contribution is -2.15.